The molecule has 0 saturated carbocycles. The van der Waals surface area contributed by atoms with Crippen molar-refractivity contribution in [1.29, 1.82) is 0 Å². The van der Waals surface area contributed by atoms with Crippen molar-refractivity contribution >= 4 is 0 Å². The topological polar surface area (TPSA) is 0 Å². The second-order valence-corrected chi connectivity index (χ2v) is 9.36. The van der Waals surface area contributed by atoms with Crippen LogP contribution in [-0.4, -0.2) is 0 Å². The molecule has 0 saturated heterocycles. The van der Waals surface area contributed by atoms with Crippen molar-refractivity contribution in [2.24, 2.45) is 0 Å². The third kappa shape index (κ3) is 10.7. The van der Waals surface area contributed by atoms with E-state index in [1.165, 1.54) is 135 Å². The van der Waals surface area contributed by atoms with Crippen molar-refractivity contribution in [2.45, 2.75) is 142 Å². The molecule has 0 aromatic heterocycles. The first-order valence-corrected chi connectivity index (χ1v) is 13.0. The highest BCUT2D eigenvalue weighted by molar-refractivity contribution is 5.33. The van der Waals surface area contributed by atoms with Crippen LogP contribution in [0.4, 0.5) is 0 Å². The molecule has 1 aliphatic carbocycles. The van der Waals surface area contributed by atoms with Gasteiger partial charge in [-0.1, -0.05) is 121 Å². The van der Waals surface area contributed by atoms with Crippen molar-refractivity contribution in [2.75, 3.05) is 0 Å². The van der Waals surface area contributed by atoms with Gasteiger partial charge in [-0.2, -0.15) is 0 Å². The van der Waals surface area contributed by atoms with Crippen molar-refractivity contribution in [3.8, 4) is 0 Å². The van der Waals surface area contributed by atoms with E-state index in [2.05, 4.69) is 25.1 Å². The molecule has 2 rings (SSSR count). The first-order chi connectivity index (χ1) is 13.9. The summed E-state index contributed by atoms with van der Waals surface area (Å²) in [4.78, 5) is 0. The Kier molecular flexibility index (Phi) is 13.5. The SMILES string of the molecule is CCCCCCCCCCCCCCCCCCc1ccc2c(c1)CCCC2. The molecule has 1 aliphatic rings. The van der Waals surface area contributed by atoms with Gasteiger partial charge in [0.05, 0.1) is 0 Å². The maximum absolute atomic E-state index is 2.51. The highest BCUT2D eigenvalue weighted by Crippen LogP contribution is 2.23. The van der Waals surface area contributed by atoms with Crippen molar-refractivity contribution < 1.29 is 0 Å². The maximum Gasteiger partial charge on any atom is -0.0276 e. The lowest BCUT2D eigenvalue weighted by Crippen LogP contribution is -2.03. The zero-order valence-electron chi connectivity index (χ0n) is 19.1. The third-order valence-corrected chi connectivity index (χ3v) is 6.73. The number of unbranched alkanes of at least 4 members (excludes halogenated alkanes) is 15. The summed E-state index contributed by atoms with van der Waals surface area (Å²) in [6, 6.07) is 7.32. The molecule has 0 bridgehead atoms. The predicted molar refractivity (Wildman–Crippen MR) is 126 cm³/mol. The molecular formula is C28H48. The van der Waals surface area contributed by atoms with E-state index >= 15 is 0 Å². The molecular weight excluding hydrogens is 336 g/mol. The normalized spacial score (nSPS) is 13.6. The highest BCUT2D eigenvalue weighted by Gasteiger charge is 2.09. The molecule has 28 heavy (non-hydrogen) atoms. The molecule has 160 valence electrons. The minimum Gasteiger partial charge on any atom is -0.0654 e. The van der Waals surface area contributed by atoms with E-state index < -0.39 is 0 Å². The van der Waals surface area contributed by atoms with Crippen LogP contribution in [0.2, 0.25) is 0 Å². The number of hydrogen-bond donors (Lipinski definition) is 0. The lowest BCUT2D eigenvalue weighted by Gasteiger charge is -2.16. The predicted octanol–water partition coefficient (Wildman–Crippen LogP) is 9.37. The number of fused-ring (bicyclic) bond motifs is 1. The molecule has 0 nitrogen and oxygen atoms in total. The summed E-state index contributed by atoms with van der Waals surface area (Å²) in [6.07, 6.45) is 30.0. The average Bonchev–Trinajstić information content (AvgIpc) is 2.73. The first kappa shape index (κ1) is 23.5. The first-order valence-electron chi connectivity index (χ1n) is 13.0. The molecule has 0 heteroatoms. The van der Waals surface area contributed by atoms with E-state index in [0.29, 0.717) is 0 Å². The van der Waals surface area contributed by atoms with Gasteiger partial charge in [0.1, 0.15) is 0 Å². The molecule has 0 amide bonds. The fourth-order valence-electron chi connectivity index (χ4n) is 4.82. The molecule has 0 spiro atoms. The number of benzene rings is 1. The van der Waals surface area contributed by atoms with Gasteiger partial charge in [-0.25, -0.2) is 0 Å². The Morgan fingerprint density at radius 1 is 0.536 bits per heavy atom. The van der Waals surface area contributed by atoms with Gasteiger partial charge >= 0.3 is 0 Å². The molecule has 0 N–H and O–H groups in total. The molecule has 0 fully saturated rings. The van der Waals surface area contributed by atoms with Crippen molar-refractivity contribution in [3.63, 3.8) is 0 Å². The lowest BCUT2D eigenvalue weighted by atomic mass is 9.89. The Balaban J connectivity index is 1.33. The van der Waals surface area contributed by atoms with Crippen LogP contribution in [-0.2, 0) is 19.3 Å². The van der Waals surface area contributed by atoms with Gasteiger partial charge in [0.15, 0.2) is 0 Å². The van der Waals surface area contributed by atoms with Gasteiger partial charge < -0.3 is 0 Å². The molecule has 0 heterocycles. The van der Waals surface area contributed by atoms with E-state index in [1.807, 2.05) is 0 Å². The Morgan fingerprint density at radius 2 is 1.00 bits per heavy atom. The van der Waals surface area contributed by atoms with Crippen LogP contribution in [0, 0.1) is 0 Å². The summed E-state index contributed by atoms with van der Waals surface area (Å²) in [5, 5.41) is 0. The Hall–Kier alpha value is -0.780. The van der Waals surface area contributed by atoms with E-state index in [-0.39, 0.29) is 0 Å². The maximum atomic E-state index is 2.51. The average molecular weight is 385 g/mol. The van der Waals surface area contributed by atoms with Crippen LogP contribution in [0.3, 0.4) is 0 Å². The van der Waals surface area contributed by atoms with Crippen LogP contribution >= 0.6 is 0 Å². The fraction of sp³-hybridized carbons (Fsp3) is 0.786. The largest absolute Gasteiger partial charge is 0.0654 e. The van der Waals surface area contributed by atoms with Gasteiger partial charge in [0, 0.05) is 0 Å². The van der Waals surface area contributed by atoms with E-state index in [4.69, 9.17) is 0 Å². The monoisotopic (exact) mass is 384 g/mol. The van der Waals surface area contributed by atoms with Gasteiger partial charge in [0.2, 0.25) is 0 Å². The fourth-order valence-corrected chi connectivity index (χ4v) is 4.82. The number of rotatable bonds is 17. The third-order valence-electron chi connectivity index (χ3n) is 6.73. The van der Waals surface area contributed by atoms with E-state index in [1.54, 1.807) is 16.7 Å². The molecule has 0 unspecified atom stereocenters. The number of aryl methyl sites for hydroxylation is 3. The zero-order chi connectivity index (χ0) is 19.7. The van der Waals surface area contributed by atoms with Crippen LogP contribution in [0.5, 0.6) is 0 Å². The van der Waals surface area contributed by atoms with Crippen LogP contribution in [0.25, 0.3) is 0 Å². The minimum absolute atomic E-state index is 1.30. The second-order valence-electron chi connectivity index (χ2n) is 9.36. The van der Waals surface area contributed by atoms with E-state index in [9.17, 15) is 0 Å². The summed E-state index contributed by atoms with van der Waals surface area (Å²) >= 11 is 0. The number of hydrogen-bond acceptors (Lipinski definition) is 0. The van der Waals surface area contributed by atoms with E-state index in [0.717, 1.165) is 0 Å². The van der Waals surface area contributed by atoms with Crippen LogP contribution in [0.1, 0.15) is 139 Å². The van der Waals surface area contributed by atoms with Gasteiger partial charge in [-0.05, 0) is 55.2 Å². The van der Waals surface area contributed by atoms with Crippen LogP contribution < -0.4 is 0 Å². The summed E-state index contributed by atoms with van der Waals surface area (Å²) in [6.45, 7) is 2.30. The standard InChI is InChI=1S/C28H48/c1-2-3-4-5-6-7-8-9-10-11-12-13-14-15-16-17-20-26-23-24-27-21-18-19-22-28(27)25-26/h23-25H,2-22H2,1H3. The van der Waals surface area contributed by atoms with Crippen molar-refractivity contribution in [1.82, 2.24) is 0 Å². The quantitative estimate of drug-likeness (QED) is 0.235. The van der Waals surface area contributed by atoms with Crippen molar-refractivity contribution in [3.05, 3.63) is 34.9 Å². The minimum atomic E-state index is 1.30. The molecule has 0 radical (unpaired) electrons. The Morgan fingerprint density at radius 3 is 1.54 bits per heavy atom. The molecule has 0 aliphatic heterocycles. The molecule has 1 aromatic rings. The Labute approximate surface area is 176 Å². The van der Waals surface area contributed by atoms with Crippen LogP contribution in [0.15, 0.2) is 18.2 Å². The Bertz CT molecular complexity index is 487. The summed E-state index contributed by atoms with van der Waals surface area (Å²) in [5.41, 5.74) is 4.87. The summed E-state index contributed by atoms with van der Waals surface area (Å²) < 4.78 is 0. The molecule has 1 aromatic carbocycles. The smallest absolute Gasteiger partial charge is 0.0276 e. The second kappa shape index (κ2) is 16.1. The van der Waals surface area contributed by atoms with Gasteiger partial charge in [-0.15, -0.1) is 0 Å². The molecule has 0 atom stereocenters. The van der Waals surface area contributed by atoms with Gasteiger partial charge in [0.25, 0.3) is 0 Å². The summed E-state index contributed by atoms with van der Waals surface area (Å²) in [7, 11) is 0. The zero-order valence-corrected chi connectivity index (χ0v) is 19.1. The highest BCUT2D eigenvalue weighted by atomic mass is 14.1. The van der Waals surface area contributed by atoms with Gasteiger partial charge in [-0.3, -0.25) is 0 Å². The lowest BCUT2D eigenvalue weighted by molar-refractivity contribution is 0.529. The summed E-state index contributed by atoms with van der Waals surface area (Å²) in [5.74, 6) is 0.